The number of H-pyrrole nitrogens is 1. The molecular formula is C19H21N5O4. The van der Waals surface area contributed by atoms with Gasteiger partial charge in [-0.3, -0.25) is 14.8 Å². The van der Waals surface area contributed by atoms with Gasteiger partial charge < -0.3 is 19.7 Å². The number of anilines is 1. The number of carbonyl (C=O) groups is 2. The number of nitrogens with one attached hydrogen (secondary N) is 2. The fourth-order valence-corrected chi connectivity index (χ4v) is 3.21. The molecule has 9 heteroatoms. The number of aromatic amines is 1. The molecule has 1 aliphatic heterocycles. The van der Waals surface area contributed by atoms with Crippen LogP contribution in [0.4, 0.5) is 5.82 Å². The van der Waals surface area contributed by atoms with Gasteiger partial charge in [-0.15, -0.1) is 0 Å². The van der Waals surface area contributed by atoms with Crippen molar-refractivity contribution in [1.29, 1.82) is 0 Å². The van der Waals surface area contributed by atoms with E-state index in [0.717, 1.165) is 38.3 Å². The van der Waals surface area contributed by atoms with E-state index in [9.17, 15) is 9.59 Å². The number of piperazine rings is 1. The van der Waals surface area contributed by atoms with Crippen molar-refractivity contribution < 1.29 is 19.1 Å². The molecule has 1 aromatic carbocycles. The summed E-state index contributed by atoms with van der Waals surface area (Å²) in [5.41, 5.74) is 2.26. The first-order chi connectivity index (χ1) is 13.5. The van der Waals surface area contributed by atoms with Crippen LogP contribution in [-0.4, -0.2) is 70.2 Å². The van der Waals surface area contributed by atoms with Crippen LogP contribution in [0.2, 0.25) is 0 Å². The van der Waals surface area contributed by atoms with E-state index in [1.165, 1.54) is 6.07 Å². The zero-order chi connectivity index (χ0) is 19.7. The molecule has 0 bridgehead atoms. The topological polar surface area (TPSA) is 115 Å². The number of likely N-dealkylation sites (N-methyl/N-ethyl adjacent to an activating group) is 1. The Kier molecular flexibility index (Phi) is 4.84. The Hall–Kier alpha value is -3.17. The summed E-state index contributed by atoms with van der Waals surface area (Å²) in [5.74, 6) is -1.58. The minimum Gasteiger partial charge on any atom is -0.475 e. The highest BCUT2D eigenvalue weighted by molar-refractivity contribution is 6.07. The van der Waals surface area contributed by atoms with Crippen LogP contribution in [0, 0.1) is 0 Å². The molecule has 146 valence electrons. The second-order valence-corrected chi connectivity index (χ2v) is 6.96. The molecule has 1 fully saturated rings. The average molecular weight is 383 g/mol. The molecule has 9 nitrogen and oxygen atoms in total. The minimum atomic E-state index is -1.18. The Morgan fingerprint density at radius 1 is 1.21 bits per heavy atom. The summed E-state index contributed by atoms with van der Waals surface area (Å²) >= 11 is 0. The van der Waals surface area contributed by atoms with Gasteiger partial charge in [-0.25, -0.2) is 4.79 Å². The minimum absolute atomic E-state index is 0.161. The number of carbonyl (C=O) groups excluding carboxylic acids is 1. The van der Waals surface area contributed by atoms with Gasteiger partial charge in [-0.1, -0.05) is 12.1 Å². The Morgan fingerprint density at radius 3 is 2.61 bits per heavy atom. The van der Waals surface area contributed by atoms with Crippen molar-refractivity contribution in [3.8, 4) is 0 Å². The van der Waals surface area contributed by atoms with Gasteiger partial charge in [0.05, 0.1) is 0 Å². The van der Waals surface area contributed by atoms with Gasteiger partial charge in [0.25, 0.3) is 5.91 Å². The molecule has 0 unspecified atom stereocenters. The van der Waals surface area contributed by atoms with Gasteiger partial charge in [0.15, 0.2) is 11.4 Å². The van der Waals surface area contributed by atoms with Gasteiger partial charge in [-0.2, -0.15) is 5.10 Å². The van der Waals surface area contributed by atoms with Crippen LogP contribution in [0.25, 0.3) is 11.1 Å². The third-order valence-electron chi connectivity index (χ3n) is 4.90. The SMILES string of the molecule is CN1CCN(Cc2ccc(C(=O)Nc3n[nH]c4cc(C(=O)O)oc34)cc2)CC1. The fourth-order valence-electron chi connectivity index (χ4n) is 3.21. The van der Waals surface area contributed by atoms with Gasteiger partial charge >= 0.3 is 5.97 Å². The van der Waals surface area contributed by atoms with Crippen molar-refractivity contribution in [2.45, 2.75) is 6.54 Å². The number of aromatic nitrogens is 2. The molecule has 0 aliphatic carbocycles. The summed E-state index contributed by atoms with van der Waals surface area (Å²) in [6.07, 6.45) is 0. The van der Waals surface area contributed by atoms with E-state index in [1.807, 2.05) is 12.1 Å². The number of carboxylic acid groups (broad SMARTS) is 1. The third kappa shape index (κ3) is 3.75. The van der Waals surface area contributed by atoms with Crippen LogP contribution in [0.3, 0.4) is 0 Å². The third-order valence-corrected chi connectivity index (χ3v) is 4.90. The maximum atomic E-state index is 12.5. The number of carboxylic acids is 1. The van der Waals surface area contributed by atoms with Crippen LogP contribution in [-0.2, 0) is 6.54 Å². The number of amides is 1. The monoisotopic (exact) mass is 383 g/mol. The van der Waals surface area contributed by atoms with Crippen molar-refractivity contribution in [2.75, 3.05) is 38.5 Å². The molecule has 3 heterocycles. The summed E-state index contributed by atoms with van der Waals surface area (Å²) in [7, 11) is 2.13. The molecular weight excluding hydrogens is 362 g/mol. The quantitative estimate of drug-likeness (QED) is 0.616. The summed E-state index contributed by atoms with van der Waals surface area (Å²) in [4.78, 5) is 28.2. The van der Waals surface area contributed by atoms with Crippen molar-refractivity contribution >= 4 is 28.8 Å². The second-order valence-electron chi connectivity index (χ2n) is 6.96. The second kappa shape index (κ2) is 7.45. The zero-order valence-electron chi connectivity index (χ0n) is 15.4. The molecule has 4 rings (SSSR count). The number of aromatic carboxylic acids is 1. The molecule has 1 saturated heterocycles. The maximum absolute atomic E-state index is 12.5. The summed E-state index contributed by atoms with van der Waals surface area (Å²) in [5, 5.41) is 18.3. The predicted molar refractivity (Wildman–Crippen MR) is 102 cm³/mol. The average Bonchev–Trinajstić information content (AvgIpc) is 3.26. The largest absolute Gasteiger partial charge is 0.475 e. The van der Waals surface area contributed by atoms with Crippen molar-refractivity contribution in [3.63, 3.8) is 0 Å². The number of fused-ring (bicyclic) bond motifs is 1. The van der Waals surface area contributed by atoms with Crippen LogP contribution in [0.1, 0.15) is 26.5 Å². The first-order valence-electron chi connectivity index (χ1n) is 9.02. The lowest BCUT2D eigenvalue weighted by atomic mass is 10.1. The molecule has 1 aliphatic rings. The Bertz CT molecular complexity index is 999. The summed E-state index contributed by atoms with van der Waals surface area (Å²) in [6, 6.07) is 8.77. The number of nitrogens with zero attached hydrogens (tertiary/aromatic N) is 3. The van der Waals surface area contributed by atoms with Gasteiger partial charge in [-0.05, 0) is 24.7 Å². The predicted octanol–water partition coefficient (Wildman–Crippen LogP) is 1.85. The molecule has 0 saturated carbocycles. The van der Waals surface area contributed by atoms with E-state index in [0.29, 0.717) is 11.1 Å². The zero-order valence-corrected chi connectivity index (χ0v) is 15.4. The highest BCUT2D eigenvalue weighted by Gasteiger charge is 2.18. The van der Waals surface area contributed by atoms with E-state index in [-0.39, 0.29) is 23.1 Å². The summed E-state index contributed by atoms with van der Waals surface area (Å²) in [6.45, 7) is 5.06. The Balaban J connectivity index is 1.41. The standard InChI is InChI=1S/C19H21N5O4/c1-23-6-8-24(9-7-23)11-12-2-4-13(5-3-12)18(25)20-17-16-14(21-22-17)10-15(28-16)19(26)27/h2-5,10H,6-9,11H2,1H3,(H,26,27)(H2,20,21,22,25). The maximum Gasteiger partial charge on any atom is 0.371 e. The smallest absolute Gasteiger partial charge is 0.371 e. The fraction of sp³-hybridized carbons (Fsp3) is 0.316. The lowest BCUT2D eigenvalue weighted by Gasteiger charge is -2.32. The molecule has 3 aromatic rings. The Labute approximate surface area is 160 Å². The van der Waals surface area contributed by atoms with Gasteiger partial charge in [0.1, 0.15) is 5.52 Å². The van der Waals surface area contributed by atoms with E-state index >= 15 is 0 Å². The number of benzene rings is 1. The van der Waals surface area contributed by atoms with E-state index in [1.54, 1.807) is 12.1 Å². The van der Waals surface area contributed by atoms with E-state index in [4.69, 9.17) is 9.52 Å². The highest BCUT2D eigenvalue weighted by Crippen LogP contribution is 2.24. The van der Waals surface area contributed by atoms with Crippen molar-refractivity contribution in [1.82, 2.24) is 20.0 Å². The number of hydrogen-bond donors (Lipinski definition) is 3. The first-order valence-corrected chi connectivity index (χ1v) is 9.02. The molecule has 0 radical (unpaired) electrons. The summed E-state index contributed by atoms with van der Waals surface area (Å²) < 4.78 is 5.23. The molecule has 3 N–H and O–H groups in total. The Morgan fingerprint density at radius 2 is 1.93 bits per heavy atom. The van der Waals surface area contributed by atoms with Crippen LogP contribution in [0.5, 0.6) is 0 Å². The molecule has 1 amide bonds. The number of furan rings is 1. The van der Waals surface area contributed by atoms with E-state index in [2.05, 4.69) is 32.4 Å². The molecule has 0 spiro atoms. The molecule has 0 atom stereocenters. The number of rotatable bonds is 5. The molecule has 28 heavy (non-hydrogen) atoms. The lowest BCUT2D eigenvalue weighted by Crippen LogP contribution is -2.43. The van der Waals surface area contributed by atoms with Crippen molar-refractivity contribution in [3.05, 3.63) is 47.2 Å². The van der Waals surface area contributed by atoms with Gasteiger partial charge in [0, 0.05) is 44.4 Å². The van der Waals surface area contributed by atoms with Crippen LogP contribution < -0.4 is 5.32 Å². The number of hydrogen-bond acceptors (Lipinski definition) is 6. The van der Waals surface area contributed by atoms with Gasteiger partial charge in [0.2, 0.25) is 5.76 Å². The van der Waals surface area contributed by atoms with Crippen LogP contribution >= 0.6 is 0 Å². The normalized spacial score (nSPS) is 15.8. The molecule has 2 aromatic heterocycles. The van der Waals surface area contributed by atoms with Crippen molar-refractivity contribution in [2.24, 2.45) is 0 Å². The van der Waals surface area contributed by atoms with E-state index < -0.39 is 5.97 Å². The first kappa shape index (κ1) is 18.2. The van der Waals surface area contributed by atoms with Crippen LogP contribution in [0.15, 0.2) is 34.7 Å². The lowest BCUT2D eigenvalue weighted by molar-refractivity contribution is 0.0665. The highest BCUT2D eigenvalue weighted by atomic mass is 16.4.